The average Bonchev–Trinajstić information content (AvgIpc) is 2.26. The Morgan fingerprint density at radius 1 is 1.21 bits per heavy atom. The first kappa shape index (κ1) is 14.1. The van der Waals surface area contributed by atoms with Gasteiger partial charge >= 0.3 is 0 Å². The fourth-order valence-electron chi connectivity index (χ4n) is 2.48. The number of carbonyl (C=O) groups is 1. The van der Waals surface area contributed by atoms with Crippen LogP contribution in [0.2, 0.25) is 0 Å². The van der Waals surface area contributed by atoms with Gasteiger partial charge in [-0.15, -0.1) is 0 Å². The van der Waals surface area contributed by atoms with Gasteiger partial charge in [-0.1, -0.05) is 30.3 Å². The number of carbonyl (C=O) groups excluding carboxylic acids is 1. The van der Waals surface area contributed by atoms with E-state index in [4.69, 9.17) is 0 Å². The molecule has 2 N–H and O–H groups in total. The Labute approximate surface area is 115 Å². The molecule has 0 atom stereocenters. The molecule has 1 amide bonds. The van der Waals surface area contributed by atoms with Crippen molar-refractivity contribution in [1.82, 2.24) is 10.6 Å². The van der Waals surface area contributed by atoms with Gasteiger partial charge in [-0.05, 0) is 45.1 Å². The summed E-state index contributed by atoms with van der Waals surface area (Å²) in [6, 6.07) is 11.1. The molecule has 1 saturated carbocycles. The van der Waals surface area contributed by atoms with Gasteiger partial charge in [0.1, 0.15) is 0 Å². The topological polar surface area (TPSA) is 41.1 Å². The van der Waals surface area contributed by atoms with Crippen LogP contribution in [0.1, 0.15) is 45.1 Å². The summed E-state index contributed by atoms with van der Waals surface area (Å²) in [6.07, 6.45) is 2.26. The van der Waals surface area contributed by atoms with Crippen molar-refractivity contribution in [2.24, 2.45) is 0 Å². The minimum Gasteiger partial charge on any atom is -0.350 e. The number of rotatable bonds is 4. The van der Waals surface area contributed by atoms with Crippen molar-refractivity contribution >= 4 is 5.91 Å². The van der Waals surface area contributed by atoms with Crippen LogP contribution in [0.15, 0.2) is 30.3 Å². The maximum absolute atomic E-state index is 11.7. The molecule has 1 aliphatic carbocycles. The number of benzene rings is 1. The Hall–Kier alpha value is -1.35. The summed E-state index contributed by atoms with van der Waals surface area (Å²) in [6.45, 7) is 6.42. The number of hydrogen-bond donors (Lipinski definition) is 2. The zero-order valence-corrected chi connectivity index (χ0v) is 12.1. The number of nitrogens with one attached hydrogen (secondary N) is 2. The van der Waals surface area contributed by atoms with E-state index in [0.717, 1.165) is 12.8 Å². The molecule has 1 fully saturated rings. The molecule has 1 aliphatic rings. The molecule has 0 saturated heterocycles. The molecule has 1 aromatic rings. The molecule has 0 heterocycles. The summed E-state index contributed by atoms with van der Waals surface area (Å²) >= 11 is 0. The van der Waals surface area contributed by atoms with Crippen molar-refractivity contribution in [1.29, 1.82) is 0 Å². The van der Waals surface area contributed by atoms with Crippen LogP contribution in [0.5, 0.6) is 0 Å². The lowest BCUT2D eigenvalue weighted by atomic mass is 9.76. The molecule has 2 rings (SSSR count). The molecule has 0 aliphatic heterocycles. The molecule has 1 aromatic carbocycles. The van der Waals surface area contributed by atoms with Crippen molar-refractivity contribution in [2.45, 2.75) is 51.1 Å². The van der Waals surface area contributed by atoms with E-state index in [9.17, 15) is 4.79 Å². The van der Waals surface area contributed by atoms with E-state index < -0.39 is 0 Å². The van der Waals surface area contributed by atoms with Crippen molar-refractivity contribution in [3.8, 4) is 0 Å². The Morgan fingerprint density at radius 3 is 2.42 bits per heavy atom. The van der Waals surface area contributed by atoms with Gasteiger partial charge in [0.25, 0.3) is 0 Å². The van der Waals surface area contributed by atoms with Gasteiger partial charge in [-0.25, -0.2) is 0 Å². The van der Waals surface area contributed by atoms with Crippen molar-refractivity contribution in [3.05, 3.63) is 35.9 Å². The third-order valence-electron chi connectivity index (χ3n) is 3.47. The van der Waals surface area contributed by atoms with Crippen molar-refractivity contribution in [2.75, 3.05) is 6.54 Å². The molecule has 0 bridgehead atoms. The Kier molecular flexibility index (Phi) is 4.25. The molecule has 3 nitrogen and oxygen atoms in total. The van der Waals surface area contributed by atoms with E-state index in [1.807, 2.05) is 20.8 Å². The normalized spacial score (nSPS) is 22.7. The molecule has 0 aromatic heterocycles. The standard InChI is InChI=1S/C16H24N2O/c1-16(2,3)18-15(19)11-17-14-9-13(10-14)12-7-5-4-6-8-12/h4-8,13-14,17H,9-11H2,1-3H3,(H,18,19). The average molecular weight is 260 g/mol. The van der Waals surface area contributed by atoms with E-state index >= 15 is 0 Å². The molecular formula is C16H24N2O. The largest absolute Gasteiger partial charge is 0.350 e. The molecule has 19 heavy (non-hydrogen) atoms. The Balaban J connectivity index is 1.67. The zero-order chi connectivity index (χ0) is 13.9. The van der Waals surface area contributed by atoms with Gasteiger partial charge in [0.15, 0.2) is 0 Å². The second-order valence-corrected chi connectivity index (χ2v) is 6.46. The van der Waals surface area contributed by atoms with Gasteiger partial charge in [-0.3, -0.25) is 4.79 Å². The Bertz CT molecular complexity index is 416. The van der Waals surface area contributed by atoms with Crippen LogP contribution in [0.4, 0.5) is 0 Å². The van der Waals surface area contributed by atoms with Crippen LogP contribution in [-0.2, 0) is 4.79 Å². The van der Waals surface area contributed by atoms with Crippen LogP contribution in [0, 0.1) is 0 Å². The lowest BCUT2D eigenvalue weighted by Crippen LogP contribution is -2.49. The fourth-order valence-corrected chi connectivity index (χ4v) is 2.48. The van der Waals surface area contributed by atoms with Crippen molar-refractivity contribution in [3.63, 3.8) is 0 Å². The van der Waals surface area contributed by atoms with Gasteiger partial charge in [0, 0.05) is 11.6 Å². The first-order valence-electron chi connectivity index (χ1n) is 7.03. The van der Waals surface area contributed by atoms with Crippen LogP contribution in [-0.4, -0.2) is 24.0 Å². The van der Waals surface area contributed by atoms with Gasteiger partial charge < -0.3 is 10.6 Å². The highest BCUT2D eigenvalue weighted by molar-refractivity contribution is 5.78. The maximum Gasteiger partial charge on any atom is 0.234 e. The molecule has 0 unspecified atom stereocenters. The predicted octanol–water partition coefficient (Wildman–Crippen LogP) is 2.44. The predicted molar refractivity (Wildman–Crippen MR) is 78.1 cm³/mol. The third kappa shape index (κ3) is 4.35. The van der Waals surface area contributed by atoms with Gasteiger partial charge in [0.05, 0.1) is 6.54 Å². The minimum absolute atomic E-state index is 0.0793. The summed E-state index contributed by atoms with van der Waals surface area (Å²) in [5.74, 6) is 0.736. The Morgan fingerprint density at radius 2 is 1.84 bits per heavy atom. The van der Waals surface area contributed by atoms with E-state index in [1.165, 1.54) is 5.56 Å². The first-order chi connectivity index (χ1) is 8.94. The molecule has 104 valence electrons. The highest BCUT2D eigenvalue weighted by Crippen LogP contribution is 2.36. The molecule has 0 radical (unpaired) electrons. The molecule has 3 heteroatoms. The summed E-state index contributed by atoms with van der Waals surface area (Å²) < 4.78 is 0. The summed E-state index contributed by atoms with van der Waals surface area (Å²) in [5, 5.41) is 6.29. The second-order valence-electron chi connectivity index (χ2n) is 6.46. The van der Waals surface area contributed by atoms with Crippen LogP contribution in [0.3, 0.4) is 0 Å². The van der Waals surface area contributed by atoms with Gasteiger partial charge in [-0.2, -0.15) is 0 Å². The highest BCUT2D eigenvalue weighted by Gasteiger charge is 2.30. The monoisotopic (exact) mass is 260 g/mol. The van der Waals surface area contributed by atoms with Crippen LogP contribution < -0.4 is 10.6 Å². The number of hydrogen-bond acceptors (Lipinski definition) is 2. The second kappa shape index (κ2) is 5.74. The molecule has 0 spiro atoms. The van der Waals surface area contributed by atoms with E-state index in [0.29, 0.717) is 18.5 Å². The SMILES string of the molecule is CC(C)(C)NC(=O)CNC1CC(c2ccccc2)C1. The van der Waals surface area contributed by atoms with Crippen LogP contribution >= 0.6 is 0 Å². The quantitative estimate of drug-likeness (QED) is 0.873. The maximum atomic E-state index is 11.7. The van der Waals surface area contributed by atoms with E-state index in [2.05, 4.69) is 41.0 Å². The van der Waals surface area contributed by atoms with Crippen molar-refractivity contribution < 1.29 is 4.79 Å². The highest BCUT2D eigenvalue weighted by atomic mass is 16.2. The van der Waals surface area contributed by atoms with E-state index in [-0.39, 0.29) is 11.4 Å². The minimum atomic E-state index is -0.148. The zero-order valence-electron chi connectivity index (χ0n) is 12.1. The lowest BCUT2D eigenvalue weighted by molar-refractivity contribution is -0.121. The summed E-state index contributed by atoms with van der Waals surface area (Å²) in [4.78, 5) is 11.7. The fraction of sp³-hybridized carbons (Fsp3) is 0.562. The summed E-state index contributed by atoms with van der Waals surface area (Å²) in [5.41, 5.74) is 1.27. The van der Waals surface area contributed by atoms with Gasteiger partial charge in [0.2, 0.25) is 5.91 Å². The third-order valence-corrected chi connectivity index (χ3v) is 3.47. The first-order valence-corrected chi connectivity index (χ1v) is 7.03. The molecular weight excluding hydrogens is 236 g/mol. The lowest BCUT2D eigenvalue weighted by Gasteiger charge is -2.36. The summed E-state index contributed by atoms with van der Waals surface area (Å²) in [7, 11) is 0. The van der Waals surface area contributed by atoms with E-state index in [1.54, 1.807) is 0 Å². The van der Waals surface area contributed by atoms with Crippen LogP contribution in [0.25, 0.3) is 0 Å². The smallest absolute Gasteiger partial charge is 0.234 e. The number of amides is 1.